The maximum Gasteiger partial charge on any atom is 0.345 e. The zero-order valence-corrected chi connectivity index (χ0v) is 14.5. The van der Waals surface area contributed by atoms with Gasteiger partial charge in [-0.25, -0.2) is 4.79 Å². The number of nitrogens with zero attached hydrogens (tertiary/aromatic N) is 3. The molecule has 2 heterocycles. The molecule has 0 radical (unpaired) electrons. The van der Waals surface area contributed by atoms with Crippen LogP contribution in [0.4, 0.5) is 0 Å². The van der Waals surface area contributed by atoms with Gasteiger partial charge in [0.15, 0.2) is 0 Å². The number of benzene rings is 2. The Labute approximate surface area is 153 Å². The fourth-order valence-corrected chi connectivity index (χ4v) is 2.95. The standard InChI is InChI=1S/C19H13ClN4O2/c1-11-15(18-23-17(24-26-18)12-7-3-2-4-8-12)16(22-19(25)21-11)13-9-5-6-10-14(13)20/h2-10H,1H3,(H,21,22,25). The number of halogens is 1. The van der Waals surface area contributed by atoms with E-state index in [0.29, 0.717) is 33.4 Å². The summed E-state index contributed by atoms with van der Waals surface area (Å²) >= 11 is 6.31. The van der Waals surface area contributed by atoms with Crippen LogP contribution in [0.25, 0.3) is 34.1 Å². The molecular formula is C19H13ClN4O2. The molecular weight excluding hydrogens is 352 g/mol. The molecule has 128 valence electrons. The summed E-state index contributed by atoms with van der Waals surface area (Å²) in [7, 11) is 0. The van der Waals surface area contributed by atoms with E-state index in [2.05, 4.69) is 20.1 Å². The maximum atomic E-state index is 11.9. The highest BCUT2D eigenvalue weighted by atomic mass is 35.5. The molecule has 7 heteroatoms. The lowest BCUT2D eigenvalue weighted by molar-refractivity contribution is 0.432. The molecule has 0 saturated heterocycles. The van der Waals surface area contributed by atoms with Crippen molar-refractivity contribution in [3.63, 3.8) is 0 Å². The van der Waals surface area contributed by atoms with Gasteiger partial charge in [0.25, 0.3) is 5.89 Å². The number of hydrogen-bond acceptors (Lipinski definition) is 5. The molecule has 4 aromatic rings. The van der Waals surface area contributed by atoms with Gasteiger partial charge in [-0.15, -0.1) is 0 Å². The Morgan fingerprint density at radius 1 is 1.00 bits per heavy atom. The summed E-state index contributed by atoms with van der Waals surface area (Å²) in [5, 5.41) is 4.53. The number of aromatic amines is 1. The first-order valence-electron chi connectivity index (χ1n) is 7.89. The van der Waals surface area contributed by atoms with Crippen LogP contribution < -0.4 is 5.69 Å². The average molecular weight is 365 g/mol. The molecule has 6 nitrogen and oxygen atoms in total. The van der Waals surface area contributed by atoms with Gasteiger partial charge in [0.05, 0.1) is 11.3 Å². The predicted molar refractivity (Wildman–Crippen MR) is 98.8 cm³/mol. The molecule has 0 saturated carbocycles. The minimum atomic E-state index is -0.469. The van der Waals surface area contributed by atoms with Crippen molar-refractivity contribution in [3.05, 3.63) is 75.8 Å². The van der Waals surface area contributed by atoms with E-state index in [4.69, 9.17) is 16.1 Å². The van der Waals surface area contributed by atoms with Gasteiger partial charge >= 0.3 is 5.69 Å². The van der Waals surface area contributed by atoms with Crippen molar-refractivity contribution in [2.24, 2.45) is 0 Å². The van der Waals surface area contributed by atoms with Crippen LogP contribution >= 0.6 is 11.6 Å². The van der Waals surface area contributed by atoms with Crippen molar-refractivity contribution in [1.29, 1.82) is 0 Å². The first-order chi connectivity index (χ1) is 12.6. The maximum absolute atomic E-state index is 11.9. The van der Waals surface area contributed by atoms with Crippen LogP contribution in [0, 0.1) is 6.92 Å². The summed E-state index contributed by atoms with van der Waals surface area (Å²) in [5.74, 6) is 0.719. The molecule has 0 atom stereocenters. The quantitative estimate of drug-likeness (QED) is 0.591. The monoisotopic (exact) mass is 364 g/mol. The van der Waals surface area contributed by atoms with Crippen LogP contribution in [0.1, 0.15) is 5.69 Å². The topological polar surface area (TPSA) is 84.7 Å². The third-order valence-corrected chi connectivity index (χ3v) is 4.25. The summed E-state index contributed by atoms with van der Waals surface area (Å²) < 4.78 is 5.46. The van der Waals surface area contributed by atoms with Crippen molar-refractivity contribution >= 4 is 11.6 Å². The van der Waals surface area contributed by atoms with Crippen molar-refractivity contribution in [3.8, 4) is 34.1 Å². The lowest BCUT2D eigenvalue weighted by Gasteiger charge is -2.09. The summed E-state index contributed by atoms with van der Waals surface area (Å²) in [4.78, 5) is 23.2. The van der Waals surface area contributed by atoms with E-state index in [9.17, 15) is 4.79 Å². The highest BCUT2D eigenvalue weighted by Gasteiger charge is 2.21. The van der Waals surface area contributed by atoms with Gasteiger partial charge in [0.2, 0.25) is 5.82 Å². The second kappa shape index (κ2) is 6.57. The Morgan fingerprint density at radius 2 is 1.73 bits per heavy atom. The number of H-pyrrole nitrogens is 1. The molecule has 2 aromatic heterocycles. The highest BCUT2D eigenvalue weighted by molar-refractivity contribution is 6.33. The lowest BCUT2D eigenvalue weighted by Crippen LogP contribution is -2.14. The molecule has 0 aliphatic rings. The van der Waals surface area contributed by atoms with Gasteiger partial charge in [0.1, 0.15) is 0 Å². The van der Waals surface area contributed by atoms with Gasteiger partial charge in [-0.3, -0.25) is 0 Å². The van der Waals surface area contributed by atoms with Crippen molar-refractivity contribution < 1.29 is 4.52 Å². The third-order valence-electron chi connectivity index (χ3n) is 3.92. The van der Waals surface area contributed by atoms with Crippen LogP contribution in [0.3, 0.4) is 0 Å². The van der Waals surface area contributed by atoms with Gasteiger partial charge in [0, 0.05) is 21.8 Å². The highest BCUT2D eigenvalue weighted by Crippen LogP contribution is 2.34. The molecule has 0 aliphatic heterocycles. The molecule has 0 amide bonds. The first kappa shape index (κ1) is 16.2. The average Bonchev–Trinajstić information content (AvgIpc) is 3.12. The number of hydrogen-bond donors (Lipinski definition) is 1. The van der Waals surface area contributed by atoms with E-state index in [1.807, 2.05) is 42.5 Å². The Balaban J connectivity index is 1.92. The summed E-state index contributed by atoms with van der Waals surface area (Å²) in [6, 6.07) is 16.7. The number of nitrogens with one attached hydrogen (secondary N) is 1. The van der Waals surface area contributed by atoms with Crippen LogP contribution in [-0.2, 0) is 0 Å². The van der Waals surface area contributed by atoms with Crippen molar-refractivity contribution in [2.75, 3.05) is 0 Å². The summed E-state index contributed by atoms with van der Waals surface area (Å²) in [5.41, 5.74) is 2.51. The molecule has 4 rings (SSSR count). The minimum Gasteiger partial charge on any atom is -0.333 e. The third kappa shape index (κ3) is 2.91. The second-order valence-electron chi connectivity index (χ2n) is 5.66. The second-order valence-corrected chi connectivity index (χ2v) is 6.07. The van der Waals surface area contributed by atoms with Crippen molar-refractivity contribution in [2.45, 2.75) is 6.92 Å². The van der Waals surface area contributed by atoms with E-state index in [1.165, 1.54) is 0 Å². The van der Waals surface area contributed by atoms with Gasteiger partial charge < -0.3 is 9.51 Å². The summed E-state index contributed by atoms with van der Waals surface area (Å²) in [6.07, 6.45) is 0. The molecule has 1 N–H and O–H groups in total. The SMILES string of the molecule is Cc1[nH]c(=O)nc(-c2ccccc2Cl)c1-c1nc(-c2ccccc2)no1. The van der Waals surface area contributed by atoms with Gasteiger partial charge in [-0.2, -0.15) is 9.97 Å². The molecule has 26 heavy (non-hydrogen) atoms. The Hall–Kier alpha value is -3.25. The van der Waals surface area contributed by atoms with Crippen molar-refractivity contribution in [1.82, 2.24) is 20.1 Å². The van der Waals surface area contributed by atoms with Crippen LogP contribution in [0.15, 0.2) is 63.9 Å². The number of aryl methyl sites for hydroxylation is 1. The zero-order valence-electron chi connectivity index (χ0n) is 13.7. The Kier molecular flexibility index (Phi) is 4.10. The van der Waals surface area contributed by atoms with E-state index in [1.54, 1.807) is 19.1 Å². The van der Waals surface area contributed by atoms with Crippen LogP contribution in [-0.4, -0.2) is 20.1 Å². The van der Waals surface area contributed by atoms with E-state index in [-0.39, 0.29) is 5.89 Å². The molecule has 0 spiro atoms. The molecule has 0 aliphatic carbocycles. The minimum absolute atomic E-state index is 0.264. The molecule has 0 fully saturated rings. The molecule has 0 unspecified atom stereocenters. The Bertz CT molecular complexity index is 1140. The van der Waals surface area contributed by atoms with Crippen LogP contribution in [0.2, 0.25) is 5.02 Å². The normalized spacial score (nSPS) is 10.8. The predicted octanol–water partition coefficient (Wildman–Crippen LogP) is 4.12. The zero-order chi connectivity index (χ0) is 18.1. The fraction of sp³-hybridized carbons (Fsp3) is 0.0526. The van der Waals surface area contributed by atoms with E-state index < -0.39 is 5.69 Å². The molecule has 2 aromatic carbocycles. The van der Waals surface area contributed by atoms with Gasteiger partial charge in [-0.05, 0) is 13.0 Å². The fourth-order valence-electron chi connectivity index (χ4n) is 2.73. The lowest BCUT2D eigenvalue weighted by atomic mass is 10.0. The molecule has 0 bridgehead atoms. The van der Waals surface area contributed by atoms with E-state index >= 15 is 0 Å². The van der Waals surface area contributed by atoms with E-state index in [0.717, 1.165) is 5.56 Å². The number of aromatic nitrogens is 4. The smallest absolute Gasteiger partial charge is 0.333 e. The van der Waals surface area contributed by atoms with Crippen LogP contribution in [0.5, 0.6) is 0 Å². The first-order valence-corrected chi connectivity index (χ1v) is 8.26. The largest absolute Gasteiger partial charge is 0.345 e. The Morgan fingerprint density at radius 3 is 2.50 bits per heavy atom. The number of rotatable bonds is 3. The van der Waals surface area contributed by atoms with Gasteiger partial charge in [-0.1, -0.05) is 65.3 Å². The summed E-state index contributed by atoms with van der Waals surface area (Å²) in [6.45, 7) is 1.76.